The van der Waals surface area contributed by atoms with Gasteiger partial charge in [0.2, 0.25) is 0 Å². The maximum atomic E-state index is 9.76. The highest BCUT2D eigenvalue weighted by molar-refractivity contribution is 9.10. The zero-order valence-corrected chi connectivity index (χ0v) is 12.9. The van der Waals surface area contributed by atoms with Crippen molar-refractivity contribution in [1.82, 2.24) is 5.32 Å². The van der Waals surface area contributed by atoms with Gasteiger partial charge in [0, 0.05) is 19.2 Å². The first-order valence-electron chi connectivity index (χ1n) is 6.50. The minimum absolute atomic E-state index is 0.144. The largest absolute Gasteiger partial charge is 0.503 e. The Morgan fingerprint density at radius 3 is 3.00 bits per heavy atom. The average molecular weight is 330 g/mol. The summed E-state index contributed by atoms with van der Waals surface area (Å²) in [6.45, 7) is 3.68. The summed E-state index contributed by atoms with van der Waals surface area (Å²) in [5, 5.41) is 13.3. The van der Waals surface area contributed by atoms with Crippen LogP contribution < -0.4 is 10.1 Å². The van der Waals surface area contributed by atoms with Gasteiger partial charge in [-0.25, -0.2) is 0 Å². The molecule has 1 fully saturated rings. The minimum atomic E-state index is 0.144. The molecule has 0 radical (unpaired) electrons. The molecule has 19 heavy (non-hydrogen) atoms. The number of hydrogen-bond acceptors (Lipinski definition) is 4. The first-order chi connectivity index (χ1) is 9.10. The van der Waals surface area contributed by atoms with Crippen molar-refractivity contribution < 1.29 is 14.6 Å². The fourth-order valence-corrected chi connectivity index (χ4v) is 2.82. The van der Waals surface area contributed by atoms with Crippen molar-refractivity contribution in [3.05, 3.63) is 22.2 Å². The van der Waals surface area contributed by atoms with Crippen molar-refractivity contribution in [2.24, 2.45) is 0 Å². The first-order valence-corrected chi connectivity index (χ1v) is 7.29. The van der Waals surface area contributed by atoms with Crippen LogP contribution in [0, 0.1) is 0 Å². The molecule has 0 aromatic heterocycles. The molecule has 0 saturated carbocycles. The smallest absolute Gasteiger partial charge is 0.172 e. The standard InChI is InChI=1S/C14H20BrNO3/c1-9-5-11(3-4-19-9)16-8-10-6-12(15)14(17)13(7-10)18-2/h6-7,9,11,16-17H,3-5,8H2,1-2H3. The second-order valence-electron chi connectivity index (χ2n) is 4.91. The second-order valence-corrected chi connectivity index (χ2v) is 5.77. The van der Waals surface area contributed by atoms with Gasteiger partial charge >= 0.3 is 0 Å². The fourth-order valence-electron chi connectivity index (χ4n) is 2.33. The van der Waals surface area contributed by atoms with Gasteiger partial charge in [-0.1, -0.05) is 0 Å². The van der Waals surface area contributed by atoms with E-state index in [1.165, 1.54) is 0 Å². The zero-order valence-electron chi connectivity index (χ0n) is 11.3. The lowest BCUT2D eigenvalue weighted by Gasteiger charge is -2.28. The summed E-state index contributed by atoms with van der Waals surface area (Å²) in [4.78, 5) is 0. The average Bonchev–Trinajstić information content (AvgIpc) is 2.40. The molecule has 1 aliphatic heterocycles. The predicted molar refractivity (Wildman–Crippen MR) is 77.6 cm³/mol. The number of halogens is 1. The number of benzene rings is 1. The van der Waals surface area contributed by atoms with E-state index in [-0.39, 0.29) is 5.75 Å². The normalized spacial score (nSPS) is 23.3. The van der Waals surface area contributed by atoms with E-state index in [1.807, 2.05) is 12.1 Å². The van der Waals surface area contributed by atoms with Crippen molar-refractivity contribution in [3.8, 4) is 11.5 Å². The number of nitrogens with one attached hydrogen (secondary N) is 1. The Kier molecular flexibility index (Phi) is 5.07. The van der Waals surface area contributed by atoms with E-state index in [9.17, 15) is 5.11 Å². The molecule has 2 rings (SSSR count). The molecule has 0 aliphatic carbocycles. The lowest BCUT2D eigenvalue weighted by molar-refractivity contribution is 0.0130. The summed E-state index contributed by atoms with van der Waals surface area (Å²) in [5.74, 6) is 0.637. The zero-order chi connectivity index (χ0) is 13.8. The summed E-state index contributed by atoms with van der Waals surface area (Å²) in [6, 6.07) is 4.26. The maximum absolute atomic E-state index is 9.76. The van der Waals surface area contributed by atoms with Gasteiger partial charge < -0.3 is 19.9 Å². The van der Waals surface area contributed by atoms with Crippen LogP contribution >= 0.6 is 15.9 Å². The van der Waals surface area contributed by atoms with E-state index < -0.39 is 0 Å². The number of rotatable bonds is 4. The number of hydrogen-bond donors (Lipinski definition) is 2. The minimum Gasteiger partial charge on any atom is -0.503 e. The summed E-state index contributed by atoms with van der Waals surface area (Å²) >= 11 is 3.34. The molecule has 2 atom stereocenters. The van der Waals surface area contributed by atoms with Gasteiger partial charge in [-0.3, -0.25) is 0 Å². The molecule has 0 amide bonds. The molecule has 1 aliphatic rings. The van der Waals surface area contributed by atoms with E-state index in [2.05, 4.69) is 28.2 Å². The van der Waals surface area contributed by atoms with E-state index in [4.69, 9.17) is 9.47 Å². The molecule has 1 aromatic rings. The van der Waals surface area contributed by atoms with Crippen molar-refractivity contribution >= 4 is 15.9 Å². The number of phenols is 1. The molecule has 2 N–H and O–H groups in total. The third-order valence-corrected chi connectivity index (χ3v) is 3.99. The number of ether oxygens (including phenoxy) is 2. The van der Waals surface area contributed by atoms with Crippen LogP contribution in [0.25, 0.3) is 0 Å². The third kappa shape index (κ3) is 3.84. The Morgan fingerprint density at radius 1 is 1.53 bits per heavy atom. The summed E-state index contributed by atoms with van der Waals surface area (Å²) in [6.07, 6.45) is 2.41. The first kappa shape index (κ1) is 14.6. The third-order valence-electron chi connectivity index (χ3n) is 3.39. The van der Waals surface area contributed by atoms with E-state index in [1.54, 1.807) is 7.11 Å². The lowest BCUT2D eigenvalue weighted by Crippen LogP contribution is -2.37. The van der Waals surface area contributed by atoms with Crippen molar-refractivity contribution in [1.29, 1.82) is 0 Å². The monoisotopic (exact) mass is 329 g/mol. The molecule has 2 unspecified atom stereocenters. The molecule has 0 spiro atoms. The van der Waals surface area contributed by atoms with E-state index >= 15 is 0 Å². The van der Waals surface area contributed by atoms with Gasteiger partial charge in [0.25, 0.3) is 0 Å². The summed E-state index contributed by atoms with van der Waals surface area (Å²) in [5.41, 5.74) is 1.08. The number of methoxy groups -OCH3 is 1. The SMILES string of the molecule is COc1cc(CNC2CCOC(C)C2)cc(Br)c1O. The Morgan fingerprint density at radius 2 is 2.32 bits per heavy atom. The maximum Gasteiger partial charge on any atom is 0.172 e. The second kappa shape index (κ2) is 6.59. The van der Waals surface area contributed by atoms with Crippen LogP contribution in [-0.4, -0.2) is 31.0 Å². The quantitative estimate of drug-likeness (QED) is 0.891. The van der Waals surface area contributed by atoms with Crippen molar-refractivity contribution in [2.75, 3.05) is 13.7 Å². The van der Waals surface area contributed by atoms with Crippen molar-refractivity contribution in [2.45, 2.75) is 38.5 Å². The molecule has 106 valence electrons. The fraction of sp³-hybridized carbons (Fsp3) is 0.571. The van der Waals surface area contributed by atoms with Crippen LogP contribution in [0.2, 0.25) is 0 Å². The van der Waals surface area contributed by atoms with Crippen LogP contribution in [0.1, 0.15) is 25.3 Å². The summed E-state index contributed by atoms with van der Waals surface area (Å²) < 4.78 is 11.3. The van der Waals surface area contributed by atoms with E-state index in [0.29, 0.717) is 22.4 Å². The highest BCUT2D eigenvalue weighted by atomic mass is 79.9. The van der Waals surface area contributed by atoms with Crippen LogP contribution in [0.4, 0.5) is 0 Å². The Bertz CT molecular complexity index is 439. The Balaban J connectivity index is 1.97. The topological polar surface area (TPSA) is 50.7 Å². The van der Waals surface area contributed by atoms with Gasteiger partial charge in [0.15, 0.2) is 11.5 Å². The predicted octanol–water partition coefficient (Wildman–Crippen LogP) is 2.82. The molecule has 4 nitrogen and oxygen atoms in total. The summed E-state index contributed by atoms with van der Waals surface area (Å²) in [7, 11) is 1.55. The van der Waals surface area contributed by atoms with Crippen molar-refractivity contribution in [3.63, 3.8) is 0 Å². The molecular weight excluding hydrogens is 310 g/mol. The Labute approximate surface area is 122 Å². The highest BCUT2D eigenvalue weighted by Gasteiger charge is 2.19. The van der Waals surface area contributed by atoms with Crippen LogP contribution in [0.3, 0.4) is 0 Å². The number of aromatic hydroxyl groups is 1. The van der Waals surface area contributed by atoms with Gasteiger partial charge in [-0.2, -0.15) is 0 Å². The molecule has 0 bridgehead atoms. The highest BCUT2D eigenvalue weighted by Crippen LogP contribution is 2.35. The molecule has 1 saturated heterocycles. The Hall–Kier alpha value is -0.780. The van der Waals surface area contributed by atoms with Crippen LogP contribution in [-0.2, 0) is 11.3 Å². The molecule has 1 heterocycles. The van der Waals surface area contributed by atoms with Crippen LogP contribution in [0.5, 0.6) is 11.5 Å². The van der Waals surface area contributed by atoms with Gasteiger partial charge in [0.1, 0.15) is 0 Å². The van der Waals surface area contributed by atoms with E-state index in [0.717, 1.165) is 31.6 Å². The van der Waals surface area contributed by atoms with Gasteiger partial charge in [-0.15, -0.1) is 0 Å². The molecule has 1 aromatic carbocycles. The van der Waals surface area contributed by atoms with Crippen LogP contribution in [0.15, 0.2) is 16.6 Å². The lowest BCUT2D eigenvalue weighted by atomic mass is 10.0. The molecule has 5 heteroatoms. The van der Waals surface area contributed by atoms with Gasteiger partial charge in [0.05, 0.1) is 17.7 Å². The number of phenolic OH excluding ortho intramolecular Hbond substituents is 1. The van der Waals surface area contributed by atoms with Gasteiger partial charge in [-0.05, 0) is 53.4 Å². The molecular formula is C14H20BrNO3.